The molecule has 1 N–H and O–H groups in total. The van der Waals surface area contributed by atoms with Gasteiger partial charge in [0.1, 0.15) is 6.54 Å². The minimum Gasteiger partial charge on any atom is -0.345 e. The third-order valence-electron chi connectivity index (χ3n) is 3.91. The number of carbonyl (C=O) groups is 1. The van der Waals surface area contributed by atoms with Gasteiger partial charge in [-0.1, -0.05) is 0 Å². The van der Waals surface area contributed by atoms with Crippen molar-refractivity contribution < 1.29 is 4.79 Å². The van der Waals surface area contributed by atoms with Crippen LogP contribution in [0.25, 0.3) is 0 Å². The number of rotatable bonds is 3. The summed E-state index contributed by atoms with van der Waals surface area (Å²) in [4.78, 5) is 25.3. The molecule has 0 unspecified atom stereocenters. The van der Waals surface area contributed by atoms with E-state index in [1.807, 2.05) is 11.0 Å². The summed E-state index contributed by atoms with van der Waals surface area (Å²) >= 11 is 0. The summed E-state index contributed by atoms with van der Waals surface area (Å²) in [6.07, 6.45) is 7.12. The maximum Gasteiger partial charge on any atom is 0.242 e. The Bertz CT molecular complexity index is 642. The summed E-state index contributed by atoms with van der Waals surface area (Å²) in [5, 5.41) is 6.98. The lowest BCUT2D eigenvalue weighted by atomic mass is 9.95. The predicted octanol–water partition coefficient (Wildman–Crippen LogP) is 0.978. The van der Waals surface area contributed by atoms with Crippen LogP contribution in [0.5, 0.6) is 0 Å². The second-order valence-corrected chi connectivity index (χ2v) is 5.40. The number of hydrogen-bond acceptors (Lipinski definition) is 3. The molecule has 0 aliphatic carbocycles. The highest BCUT2D eigenvalue weighted by atomic mass is 16.2. The fourth-order valence-electron chi connectivity index (χ4n) is 2.76. The van der Waals surface area contributed by atoms with Crippen molar-refractivity contribution in [2.75, 3.05) is 13.1 Å². The van der Waals surface area contributed by atoms with Crippen molar-refractivity contribution in [1.29, 1.82) is 0 Å². The zero-order chi connectivity index (χ0) is 14.7. The molecule has 21 heavy (non-hydrogen) atoms. The van der Waals surface area contributed by atoms with Gasteiger partial charge in [0.15, 0.2) is 5.43 Å². The molecule has 0 bridgehead atoms. The van der Waals surface area contributed by atoms with Gasteiger partial charge in [-0.15, -0.1) is 0 Å². The first kappa shape index (κ1) is 13.6. The lowest BCUT2D eigenvalue weighted by Gasteiger charge is -2.32. The zero-order valence-corrected chi connectivity index (χ0v) is 11.7. The molecule has 1 atom stereocenters. The lowest BCUT2D eigenvalue weighted by Crippen LogP contribution is -2.40. The Morgan fingerprint density at radius 1 is 1.33 bits per heavy atom. The molecule has 6 nitrogen and oxygen atoms in total. The standard InChI is InChI=1S/C15H18N4O2/c20-13-4-8-18(9-5-13)11-15(21)19-7-1-2-12(10-19)14-3-6-16-17-14/h3-6,8-9,12H,1-2,7,10-11H2,(H,16,17)/t12-/m1/s1. The number of nitrogens with one attached hydrogen (secondary N) is 1. The molecule has 2 aromatic heterocycles. The largest absolute Gasteiger partial charge is 0.345 e. The van der Waals surface area contributed by atoms with Crippen molar-refractivity contribution in [2.24, 2.45) is 0 Å². The van der Waals surface area contributed by atoms with Crippen LogP contribution < -0.4 is 5.43 Å². The smallest absolute Gasteiger partial charge is 0.242 e. The molecule has 3 heterocycles. The van der Waals surface area contributed by atoms with Gasteiger partial charge in [-0.05, 0) is 18.9 Å². The zero-order valence-electron chi connectivity index (χ0n) is 11.7. The summed E-state index contributed by atoms with van der Waals surface area (Å²) in [5.74, 6) is 0.419. The van der Waals surface area contributed by atoms with E-state index in [0.717, 1.165) is 31.6 Å². The van der Waals surface area contributed by atoms with Crippen LogP contribution in [-0.2, 0) is 11.3 Å². The van der Waals surface area contributed by atoms with Crippen LogP contribution >= 0.6 is 0 Å². The minimum absolute atomic E-state index is 0.0454. The van der Waals surface area contributed by atoms with Crippen LogP contribution in [0, 0.1) is 0 Å². The van der Waals surface area contributed by atoms with Crippen LogP contribution in [0.15, 0.2) is 41.6 Å². The minimum atomic E-state index is -0.0454. The number of aromatic amines is 1. The van der Waals surface area contributed by atoms with E-state index in [1.54, 1.807) is 23.2 Å². The number of piperidine rings is 1. The molecule has 1 aliphatic heterocycles. The molecule has 1 amide bonds. The van der Waals surface area contributed by atoms with E-state index in [-0.39, 0.29) is 17.9 Å². The first-order chi connectivity index (χ1) is 10.2. The number of nitrogens with zero attached hydrogens (tertiary/aromatic N) is 3. The summed E-state index contributed by atoms with van der Waals surface area (Å²) < 4.78 is 1.74. The number of likely N-dealkylation sites (tertiary alicyclic amines) is 1. The molecule has 0 saturated carbocycles. The lowest BCUT2D eigenvalue weighted by molar-refractivity contribution is -0.133. The Morgan fingerprint density at radius 3 is 2.86 bits per heavy atom. The molecule has 0 aromatic carbocycles. The number of H-pyrrole nitrogens is 1. The highest BCUT2D eigenvalue weighted by Gasteiger charge is 2.25. The van der Waals surface area contributed by atoms with Gasteiger partial charge in [0.25, 0.3) is 0 Å². The Balaban J connectivity index is 1.64. The number of amides is 1. The van der Waals surface area contributed by atoms with E-state index in [4.69, 9.17) is 0 Å². The predicted molar refractivity (Wildman–Crippen MR) is 77.8 cm³/mol. The fourth-order valence-corrected chi connectivity index (χ4v) is 2.76. The van der Waals surface area contributed by atoms with Gasteiger partial charge in [-0.2, -0.15) is 5.10 Å². The molecule has 110 valence electrons. The Morgan fingerprint density at radius 2 is 2.14 bits per heavy atom. The number of hydrogen-bond donors (Lipinski definition) is 1. The summed E-state index contributed by atoms with van der Waals surface area (Å²) in [6.45, 7) is 1.79. The summed E-state index contributed by atoms with van der Waals surface area (Å²) in [7, 11) is 0. The Hall–Kier alpha value is -2.37. The first-order valence-corrected chi connectivity index (χ1v) is 7.15. The second-order valence-electron chi connectivity index (χ2n) is 5.40. The van der Waals surface area contributed by atoms with Crippen LogP contribution in [0.4, 0.5) is 0 Å². The molecule has 1 aliphatic rings. The highest BCUT2D eigenvalue weighted by Crippen LogP contribution is 2.25. The van der Waals surface area contributed by atoms with E-state index >= 15 is 0 Å². The molecule has 6 heteroatoms. The number of carbonyl (C=O) groups excluding carboxylic acids is 1. The fraction of sp³-hybridized carbons (Fsp3) is 0.400. The van der Waals surface area contributed by atoms with E-state index in [9.17, 15) is 9.59 Å². The van der Waals surface area contributed by atoms with Crippen LogP contribution in [0.3, 0.4) is 0 Å². The van der Waals surface area contributed by atoms with Crippen LogP contribution in [-0.4, -0.2) is 38.7 Å². The maximum atomic E-state index is 12.4. The average Bonchev–Trinajstić information content (AvgIpc) is 3.04. The normalized spacial score (nSPS) is 18.7. The van der Waals surface area contributed by atoms with Gasteiger partial charge in [0.05, 0.1) is 0 Å². The van der Waals surface area contributed by atoms with Crippen molar-refractivity contribution >= 4 is 5.91 Å². The number of aromatic nitrogens is 3. The quantitative estimate of drug-likeness (QED) is 0.914. The van der Waals surface area contributed by atoms with Crippen LogP contribution in [0.1, 0.15) is 24.5 Å². The van der Waals surface area contributed by atoms with Gasteiger partial charge in [0.2, 0.25) is 5.91 Å². The summed E-state index contributed by atoms with van der Waals surface area (Å²) in [6, 6.07) is 4.91. The maximum absolute atomic E-state index is 12.4. The van der Waals surface area contributed by atoms with Gasteiger partial charge >= 0.3 is 0 Å². The Kier molecular flexibility index (Phi) is 3.85. The Labute approximate surface area is 122 Å². The molecule has 0 spiro atoms. The van der Waals surface area contributed by atoms with Crippen molar-refractivity contribution in [3.63, 3.8) is 0 Å². The van der Waals surface area contributed by atoms with Gasteiger partial charge < -0.3 is 9.47 Å². The first-order valence-electron chi connectivity index (χ1n) is 7.15. The highest BCUT2D eigenvalue weighted by molar-refractivity contribution is 5.76. The molecular weight excluding hydrogens is 268 g/mol. The molecular formula is C15H18N4O2. The van der Waals surface area contributed by atoms with Crippen molar-refractivity contribution in [3.05, 3.63) is 52.7 Å². The molecule has 1 fully saturated rings. The molecule has 2 aromatic rings. The van der Waals surface area contributed by atoms with Crippen molar-refractivity contribution in [3.8, 4) is 0 Å². The van der Waals surface area contributed by atoms with E-state index in [0.29, 0.717) is 5.92 Å². The third-order valence-corrected chi connectivity index (χ3v) is 3.91. The molecule has 0 radical (unpaired) electrons. The van der Waals surface area contributed by atoms with E-state index in [1.165, 1.54) is 12.1 Å². The van der Waals surface area contributed by atoms with E-state index < -0.39 is 0 Å². The van der Waals surface area contributed by atoms with Gasteiger partial charge in [0, 0.05) is 55.4 Å². The average molecular weight is 286 g/mol. The van der Waals surface area contributed by atoms with Crippen molar-refractivity contribution in [1.82, 2.24) is 19.7 Å². The SMILES string of the molecule is O=C(Cn1ccc(=O)cc1)N1CCC[C@@H](c2ccn[nH]2)C1. The van der Waals surface area contributed by atoms with E-state index in [2.05, 4.69) is 10.2 Å². The van der Waals surface area contributed by atoms with Gasteiger partial charge in [-0.3, -0.25) is 14.7 Å². The van der Waals surface area contributed by atoms with Gasteiger partial charge in [-0.25, -0.2) is 0 Å². The topological polar surface area (TPSA) is 71.0 Å². The molecule has 1 saturated heterocycles. The van der Waals surface area contributed by atoms with Crippen molar-refractivity contribution in [2.45, 2.75) is 25.3 Å². The second kappa shape index (κ2) is 5.95. The summed E-state index contributed by atoms with van der Waals surface area (Å²) in [5.41, 5.74) is 1.05. The monoisotopic (exact) mass is 286 g/mol. The number of pyridine rings is 1. The third kappa shape index (κ3) is 3.21. The molecule has 3 rings (SSSR count). The van der Waals surface area contributed by atoms with Crippen LogP contribution in [0.2, 0.25) is 0 Å².